The predicted molar refractivity (Wildman–Crippen MR) is 122 cm³/mol. The topological polar surface area (TPSA) is 100 Å². The third kappa shape index (κ3) is 4.62. The molecular weight excluding hydrogens is 422 g/mol. The van der Waals surface area contributed by atoms with Crippen molar-refractivity contribution in [2.75, 3.05) is 21.3 Å². The van der Waals surface area contributed by atoms with E-state index in [4.69, 9.17) is 14.2 Å². The predicted octanol–water partition coefficient (Wildman–Crippen LogP) is 3.29. The summed E-state index contributed by atoms with van der Waals surface area (Å²) < 4.78 is 17.4. The lowest BCUT2D eigenvalue weighted by Crippen LogP contribution is -2.24. The zero-order valence-electron chi connectivity index (χ0n) is 18.5. The molecule has 1 N–H and O–H groups in total. The number of carbonyl (C=O) groups excluding carboxylic acids is 1. The molecule has 2 heterocycles. The van der Waals surface area contributed by atoms with Gasteiger partial charge < -0.3 is 19.5 Å². The Kier molecular flexibility index (Phi) is 6.49. The lowest BCUT2D eigenvalue weighted by atomic mass is 10.1. The Morgan fingerprint density at radius 2 is 1.76 bits per heavy atom. The van der Waals surface area contributed by atoms with Gasteiger partial charge >= 0.3 is 0 Å². The zero-order valence-corrected chi connectivity index (χ0v) is 18.5. The molecule has 0 saturated heterocycles. The normalized spacial score (nSPS) is 10.5. The van der Waals surface area contributed by atoms with Crippen LogP contribution in [0.15, 0.2) is 67.0 Å². The monoisotopic (exact) mass is 445 g/mol. The minimum absolute atomic E-state index is 0.194. The van der Waals surface area contributed by atoms with Crippen LogP contribution in [-0.2, 0) is 6.54 Å². The van der Waals surface area contributed by atoms with E-state index in [0.29, 0.717) is 17.2 Å². The second-order valence-corrected chi connectivity index (χ2v) is 7.01. The van der Waals surface area contributed by atoms with Gasteiger partial charge in [0.05, 0.1) is 27.0 Å². The van der Waals surface area contributed by atoms with Crippen LogP contribution in [0.1, 0.15) is 16.1 Å². The largest absolute Gasteiger partial charge is 0.497 e. The van der Waals surface area contributed by atoms with E-state index in [1.54, 1.807) is 50.5 Å². The summed E-state index contributed by atoms with van der Waals surface area (Å²) in [6, 6.07) is 16.5. The molecule has 168 valence electrons. The Labute approximate surface area is 190 Å². The highest BCUT2D eigenvalue weighted by Gasteiger charge is 2.22. The first kappa shape index (κ1) is 21.8. The number of nitrogens with one attached hydrogen (secondary N) is 1. The molecule has 0 saturated carbocycles. The second kappa shape index (κ2) is 9.82. The Morgan fingerprint density at radius 3 is 2.42 bits per heavy atom. The lowest BCUT2D eigenvalue weighted by Gasteiger charge is -2.11. The van der Waals surface area contributed by atoms with E-state index in [2.05, 4.69) is 20.6 Å². The molecule has 33 heavy (non-hydrogen) atoms. The number of rotatable bonds is 8. The van der Waals surface area contributed by atoms with Crippen molar-refractivity contribution in [3.05, 3.63) is 78.2 Å². The number of amides is 1. The van der Waals surface area contributed by atoms with Gasteiger partial charge in [-0.2, -0.15) is 0 Å². The average Bonchev–Trinajstić information content (AvgIpc) is 3.33. The summed E-state index contributed by atoms with van der Waals surface area (Å²) in [4.78, 5) is 17.3. The smallest absolute Gasteiger partial charge is 0.274 e. The van der Waals surface area contributed by atoms with Gasteiger partial charge in [0.1, 0.15) is 11.4 Å². The van der Waals surface area contributed by atoms with Gasteiger partial charge in [-0.05, 0) is 54.1 Å². The molecule has 0 aliphatic carbocycles. The first-order valence-electron chi connectivity index (χ1n) is 10.1. The summed E-state index contributed by atoms with van der Waals surface area (Å²) >= 11 is 0. The van der Waals surface area contributed by atoms with Crippen molar-refractivity contribution in [1.29, 1.82) is 0 Å². The number of hydrogen-bond donors (Lipinski definition) is 1. The standard InChI is InChI=1S/C24H23N5O4/c1-31-19-9-7-18(8-10-19)29-23(17-5-4-12-25-15-17)22(27-28-29)24(30)26-14-16-6-11-20(32-2)21(13-16)33-3/h4-13,15H,14H2,1-3H3,(H,26,30). The molecule has 2 aromatic heterocycles. The third-order valence-corrected chi connectivity index (χ3v) is 5.04. The van der Waals surface area contributed by atoms with Gasteiger partial charge in [0, 0.05) is 24.5 Å². The van der Waals surface area contributed by atoms with Gasteiger partial charge in [0.2, 0.25) is 0 Å². The van der Waals surface area contributed by atoms with Crippen LogP contribution in [0.3, 0.4) is 0 Å². The quantitative estimate of drug-likeness (QED) is 0.444. The van der Waals surface area contributed by atoms with Gasteiger partial charge in [0.15, 0.2) is 17.2 Å². The first-order valence-corrected chi connectivity index (χ1v) is 10.1. The summed E-state index contributed by atoms with van der Waals surface area (Å²) in [5.74, 6) is 1.57. The molecule has 0 aliphatic heterocycles. The van der Waals surface area contributed by atoms with Crippen LogP contribution in [0.4, 0.5) is 0 Å². The molecule has 0 bridgehead atoms. The van der Waals surface area contributed by atoms with Crippen molar-refractivity contribution >= 4 is 5.91 Å². The Hall–Kier alpha value is -4.40. The fraction of sp³-hybridized carbons (Fsp3) is 0.167. The van der Waals surface area contributed by atoms with Crippen molar-refractivity contribution < 1.29 is 19.0 Å². The van der Waals surface area contributed by atoms with E-state index >= 15 is 0 Å². The maximum absolute atomic E-state index is 13.1. The SMILES string of the molecule is COc1ccc(-n2nnc(C(=O)NCc3ccc(OC)c(OC)c3)c2-c2cccnc2)cc1. The van der Waals surface area contributed by atoms with Crippen LogP contribution in [0.2, 0.25) is 0 Å². The minimum Gasteiger partial charge on any atom is -0.497 e. The van der Waals surface area contributed by atoms with Crippen LogP contribution < -0.4 is 19.5 Å². The number of carbonyl (C=O) groups is 1. The third-order valence-electron chi connectivity index (χ3n) is 5.04. The summed E-state index contributed by atoms with van der Waals surface area (Å²) in [5, 5.41) is 11.3. The Bertz CT molecular complexity index is 1240. The molecular formula is C24H23N5O4. The summed E-state index contributed by atoms with van der Waals surface area (Å²) in [6.07, 6.45) is 3.34. The maximum atomic E-state index is 13.1. The number of methoxy groups -OCH3 is 3. The van der Waals surface area contributed by atoms with Gasteiger partial charge in [-0.1, -0.05) is 11.3 Å². The van der Waals surface area contributed by atoms with Gasteiger partial charge in [-0.15, -0.1) is 5.10 Å². The molecule has 1 amide bonds. The van der Waals surface area contributed by atoms with Crippen LogP contribution >= 0.6 is 0 Å². The summed E-state index contributed by atoms with van der Waals surface area (Å²) in [5.41, 5.74) is 3.04. The molecule has 9 nitrogen and oxygen atoms in total. The summed E-state index contributed by atoms with van der Waals surface area (Å²) in [6.45, 7) is 0.279. The highest BCUT2D eigenvalue weighted by molar-refractivity contribution is 5.98. The van der Waals surface area contributed by atoms with E-state index in [1.807, 2.05) is 42.5 Å². The molecule has 0 unspecified atom stereocenters. The van der Waals surface area contributed by atoms with Crippen molar-refractivity contribution in [3.8, 4) is 34.2 Å². The highest BCUT2D eigenvalue weighted by Crippen LogP contribution is 2.28. The number of pyridine rings is 1. The fourth-order valence-corrected chi connectivity index (χ4v) is 3.36. The maximum Gasteiger partial charge on any atom is 0.274 e. The van der Waals surface area contributed by atoms with E-state index in [-0.39, 0.29) is 18.1 Å². The average molecular weight is 445 g/mol. The van der Waals surface area contributed by atoms with Crippen molar-refractivity contribution in [2.24, 2.45) is 0 Å². The van der Waals surface area contributed by atoms with Crippen LogP contribution in [0, 0.1) is 0 Å². The minimum atomic E-state index is -0.358. The first-order chi connectivity index (χ1) is 16.1. The Morgan fingerprint density at radius 1 is 0.970 bits per heavy atom. The van der Waals surface area contributed by atoms with Crippen molar-refractivity contribution in [2.45, 2.75) is 6.54 Å². The van der Waals surface area contributed by atoms with Crippen LogP contribution in [-0.4, -0.2) is 47.2 Å². The van der Waals surface area contributed by atoms with Crippen molar-refractivity contribution in [3.63, 3.8) is 0 Å². The molecule has 9 heteroatoms. The van der Waals surface area contributed by atoms with Crippen LogP contribution in [0.5, 0.6) is 17.2 Å². The fourth-order valence-electron chi connectivity index (χ4n) is 3.36. The summed E-state index contributed by atoms with van der Waals surface area (Å²) in [7, 11) is 4.75. The Balaban J connectivity index is 1.64. The zero-order chi connectivity index (χ0) is 23.2. The number of ether oxygens (including phenoxy) is 3. The van der Waals surface area contributed by atoms with E-state index < -0.39 is 0 Å². The number of aromatic nitrogens is 4. The van der Waals surface area contributed by atoms with Crippen molar-refractivity contribution in [1.82, 2.24) is 25.3 Å². The van der Waals surface area contributed by atoms with E-state index in [9.17, 15) is 4.79 Å². The number of benzene rings is 2. The second-order valence-electron chi connectivity index (χ2n) is 7.01. The van der Waals surface area contributed by atoms with E-state index in [0.717, 1.165) is 22.6 Å². The molecule has 0 atom stereocenters. The highest BCUT2D eigenvalue weighted by atomic mass is 16.5. The number of nitrogens with zero attached hydrogens (tertiary/aromatic N) is 4. The molecule has 0 aliphatic rings. The molecule has 2 aromatic carbocycles. The molecule has 0 radical (unpaired) electrons. The van der Waals surface area contributed by atoms with Crippen LogP contribution in [0.25, 0.3) is 16.9 Å². The lowest BCUT2D eigenvalue weighted by molar-refractivity contribution is 0.0946. The molecule has 0 spiro atoms. The van der Waals surface area contributed by atoms with Gasteiger partial charge in [-0.3, -0.25) is 9.78 Å². The van der Waals surface area contributed by atoms with Gasteiger partial charge in [-0.25, -0.2) is 4.68 Å². The molecule has 0 fully saturated rings. The van der Waals surface area contributed by atoms with Gasteiger partial charge in [0.25, 0.3) is 5.91 Å². The van der Waals surface area contributed by atoms with E-state index in [1.165, 1.54) is 0 Å². The molecule has 4 aromatic rings. The molecule has 4 rings (SSSR count). The number of hydrogen-bond acceptors (Lipinski definition) is 7.